The summed E-state index contributed by atoms with van der Waals surface area (Å²) in [5.41, 5.74) is -3.43. The summed E-state index contributed by atoms with van der Waals surface area (Å²) in [6.45, 7) is 2.06. The van der Waals surface area contributed by atoms with E-state index in [0.29, 0.717) is 44.4 Å². The minimum atomic E-state index is -4.95. The van der Waals surface area contributed by atoms with E-state index in [9.17, 15) is 31.1 Å². The first kappa shape index (κ1) is 21.7. The number of carbonyl (C=O) groups excluding carboxylic acids is 1. The Morgan fingerprint density at radius 1 is 0.828 bits per heavy atom. The average Bonchev–Trinajstić information content (AvgIpc) is 2.67. The molecule has 1 aliphatic heterocycles. The Bertz CT molecular complexity index is 687. The Labute approximate surface area is 164 Å². The molecule has 1 saturated heterocycles. The maximum atomic E-state index is 13.0. The van der Waals surface area contributed by atoms with Gasteiger partial charge in [0, 0.05) is 37.9 Å². The highest BCUT2D eigenvalue weighted by Crippen LogP contribution is 2.37. The van der Waals surface area contributed by atoms with E-state index in [4.69, 9.17) is 0 Å². The van der Waals surface area contributed by atoms with Crippen molar-refractivity contribution in [2.45, 2.75) is 50.5 Å². The molecule has 0 unspecified atom stereocenters. The molecule has 1 aliphatic carbocycles. The zero-order valence-corrected chi connectivity index (χ0v) is 15.7. The quantitative estimate of drug-likeness (QED) is 0.664. The predicted octanol–water partition coefficient (Wildman–Crippen LogP) is 5.21. The summed E-state index contributed by atoms with van der Waals surface area (Å²) >= 11 is 0. The van der Waals surface area contributed by atoms with Crippen molar-refractivity contribution in [3.8, 4) is 0 Å². The van der Waals surface area contributed by atoms with Crippen molar-refractivity contribution in [3.63, 3.8) is 0 Å². The third-order valence-corrected chi connectivity index (χ3v) is 5.53. The number of hydrogen-bond donors (Lipinski definition) is 1. The van der Waals surface area contributed by atoms with E-state index in [-0.39, 0.29) is 6.07 Å². The topological polar surface area (TPSA) is 35.6 Å². The van der Waals surface area contributed by atoms with Gasteiger partial charge in [0.25, 0.3) is 0 Å². The monoisotopic (exact) mass is 423 g/mol. The zero-order valence-electron chi connectivity index (χ0n) is 15.7. The van der Waals surface area contributed by atoms with E-state index in [1.54, 1.807) is 0 Å². The fraction of sp³-hybridized carbons (Fsp3) is 0.632. The number of hydrogen-bond acceptors (Lipinski definition) is 2. The second-order valence-corrected chi connectivity index (χ2v) is 7.54. The predicted molar refractivity (Wildman–Crippen MR) is 95.5 cm³/mol. The summed E-state index contributed by atoms with van der Waals surface area (Å²) < 4.78 is 77.7. The van der Waals surface area contributed by atoms with E-state index >= 15 is 0 Å². The highest BCUT2D eigenvalue weighted by atomic mass is 19.4. The molecule has 162 valence electrons. The van der Waals surface area contributed by atoms with Gasteiger partial charge in [-0.1, -0.05) is 19.3 Å². The van der Waals surface area contributed by atoms with Crippen molar-refractivity contribution in [3.05, 3.63) is 29.3 Å². The number of nitrogens with one attached hydrogen (secondary N) is 1. The Kier molecular flexibility index (Phi) is 6.30. The van der Waals surface area contributed by atoms with Crippen LogP contribution in [0.5, 0.6) is 0 Å². The van der Waals surface area contributed by atoms with Crippen LogP contribution in [0.4, 0.5) is 36.8 Å². The lowest BCUT2D eigenvalue weighted by Crippen LogP contribution is -2.53. The molecule has 1 aromatic carbocycles. The number of halogens is 6. The SMILES string of the molecule is O=C(Nc1cc(C(F)(F)F)cc(C(F)(F)F)c1)N1CCN(C2CCCCC2)CC1. The highest BCUT2D eigenvalue weighted by Gasteiger charge is 2.37. The van der Waals surface area contributed by atoms with Crippen molar-refractivity contribution < 1.29 is 31.1 Å². The lowest BCUT2D eigenvalue weighted by Gasteiger charge is -2.40. The molecule has 2 fully saturated rings. The van der Waals surface area contributed by atoms with Crippen molar-refractivity contribution in [1.29, 1.82) is 0 Å². The molecule has 10 heteroatoms. The van der Waals surface area contributed by atoms with E-state index in [2.05, 4.69) is 10.2 Å². The Morgan fingerprint density at radius 3 is 1.83 bits per heavy atom. The number of benzene rings is 1. The first-order valence-corrected chi connectivity index (χ1v) is 9.63. The Hall–Kier alpha value is -1.97. The van der Waals surface area contributed by atoms with Gasteiger partial charge in [0.05, 0.1) is 11.1 Å². The van der Waals surface area contributed by atoms with Crippen LogP contribution < -0.4 is 5.32 Å². The Morgan fingerprint density at radius 2 is 1.34 bits per heavy atom. The second-order valence-electron chi connectivity index (χ2n) is 7.54. The molecule has 29 heavy (non-hydrogen) atoms. The van der Waals surface area contributed by atoms with Gasteiger partial charge >= 0.3 is 18.4 Å². The van der Waals surface area contributed by atoms with Gasteiger partial charge in [-0.15, -0.1) is 0 Å². The van der Waals surface area contributed by atoms with Crippen LogP contribution in [0.1, 0.15) is 43.2 Å². The van der Waals surface area contributed by atoms with Crippen LogP contribution in [0, 0.1) is 0 Å². The number of alkyl halides is 6. The summed E-state index contributed by atoms with van der Waals surface area (Å²) in [6.07, 6.45) is -4.06. The molecule has 1 aromatic rings. The van der Waals surface area contributed by atoms with Gasteiger partial charge in [0.15, 0.2) is 0 Å². The number of rotatable bonds is 2. The maximum Gasteiger partial charge on any atom is 0.416 e. The number of amides is 2. The van der Waals surface area contributed by atoms with E-state index < -0.39 is 35.2 Å². The largest absolute Gasteiger partial charge is 0.416 e. The highest BCUT2D eigenvalue weighted by molar-refractivity contribution is 5.89. The van der Waals surface area contributed by atoms with Crippen molar-refractivity contribution in [2.75, 3.05) is 31.5 Å². The molecule has 0 aromatic heterocycles. The fourth-order valence-corrected chi connectivity index (χ4v) is 3.97. The van der Waals surface area contributed by atoms with Gasteiger partial charge < -0.3 is 10.2 Å². The second kappa shape index (κ2) is 8.41. The number of nitrogens with zero attached hydrogens (tertiary/aromatic N) is 2. The summed E-state index contributed by atoms with van der Waals surface area (Å²) in [6, 6.07) is 0.877. The standard InChI is InChI=1S/C19H23F6N3O/c20-18(21,22)13-10-14(19(23,24)25)12-15(11-13)26-17(29)28-8-6-27(7-9-28)16-4-2-1-3-5-16/h10-12,16H,1-9H2,(H,26,29). The van der Waals surface area contributed by atoms with Crippen LogP contribution in [0.3, 0.4) is 0 Å². The first-order chi connectivity index (χ1) is 13.5. The third-order valence-electron chi connectivity index (χ3n) is 5.53. The van der Waals surface area contributed by atoms with Crippen molar-refractivity contribution in [2.24, 2.45) is 0 Å². The first-order valence-electron chi connectivity index (χ1n) is 9.63. The van der Waals surface area contributed by atoms with Crippen molar-refractivity contribution in [1.82, 2.24) is 9.80 Å². The van der Waals surface area contributed by atoms with E-state index in [1.807, 2.05) is 0 Å². The molecular weight excluding hydrogens is 400 g/mol. The van der Waals surface area contributed by atoms with Gasteiger partial charge in [0.1, 0.15) is 0 Å². The third kappa shape index (κ3) is 5.55. The van der Waals surface area contributed by atoms with Gasteiger partial charge in [-0.2, -0.15) is 26.3 Å². The fourth-order valence-electron chi connectivity index (χ4n) is 3.97. The van der Waals surface area contributed by atoms with Crippen LogP contribution in [-0.2, 0) is 12.4 Å². The summed E-state index contributed by atoms with van der Waals surface area (Å²) in [4.78, 5) is 16.1. The van der Waals surface area contributed by atoms with Crippen LogP contribution in [0.25, 0.3) is 0 Å². The van der Waals surface area contributed by atoms with Gasteiger partial charge in [-0.25, -0.2) is 4.79 Å². The maximum absolute atomic E-state index is 13.0. The molecule has 1 saturated carbocycles. The van der Waals surface area contributed by atoms with Crippen LogP contribution in [-0.4, -0.2) is 48.1 Å². The molecule has 4 nitrogen and oxygen atoms in total. The molecule has 1 heterocycles. The average molecular weight is 423 g/mol. The molecular formula is C19H23F6N3O. The molecule has 0 bridgehead atoms. The Balaban J connectivity index is 1.66. The summed E-state index contributed by atoms with van der Waals surface area (Å²) in [7, 11) is 0. The van der Waals surface area contributed by atoms with E-state index in [1.165, 1.54) is 24.2 Å². The minimum absolute atomic E-state index is 0.0403. The number of anilines is 1. The van der Waals surface area contributed by atoms with Gasteiger partial charge in [-0.3, -0.25) is 4.90 Å². The smallest absolute Gasteiger partial charge is 0.322 e. The molecule has 0 atom stereocenters. The van der Waals surface area contributed by atoms with Crippen LogP contribution in [0.15, 0.2) is 18.2 Å². The molecule has 0 spiro atoms. The van der Waals surface area contributed by atoms with Crippen LogP contribution >= 0.6 is 0 Å². The molecule has 2 amide bonds. The van der Waals surface area contributed by atoms with Gasteiger partial charge in [-0.05, 0) is 31.0 Å². The van der Waals surface area contributed by atoms with E-state index in [0.717, 1.165) is 12.8 Å². The van der Waals surface area contributed by atoms with Crippen molar-refractivity contribution >= 4 is 11.7 Å². The number of carbonyl (C=O) groups is 1. The molecule has 0 radical (unpaired) electrons. The van der Waals surface area contributed by atoms with Gasteiger partial charge in [0.2, 0.25) is 0 Å². The lowest BCUT2D eigenvalue weighted by atomic mass is 9.94. The molecule has 2 aliphatic rings. The minimum Gasteiger partial charge on any atom is -0.322 e. The molecule has 1 N–H and O–H groups in total. The molecule has 3 rings (SSSR count). The number of piperazine rings is 1. The lowest BCUT2D eigenvalue weighted by molar-refractivity contribution is -0.143. The zero-order chi connectivity index (χ0) is 21.2. The summed E-state index contributed by atoms with van der Waals surface area (Å²) in [5.74, 6) is 0. The summed E-state index contributed by atoms with van der Waals surface area (Å²) in [5, 5.41) is 2.20. The normalized spacial score (nSPS) is 20.0. The number of urea groups is 1. The van der Waals surface area contributed by atoms with Crippen LogP contribution in [0.2, 0.25) is 0 Å².